The number of imide groups is 2. The lowest BCUT2D eigenvalue weighted by Gasteiger charge is -2.26. The van der Waals surface area contributed by atoms with Crippen molar-refractivity contribution in [2.45, 2.75) is 13.8 Å². The van der Waals surface area contributed by atoms with Gasteiger partial charge in [-0.05, 0) is 67.4 Å². The van der Waals surface area contributed by atoms with Gasteiger partial charge in [0.25, 0.3) is 17.7 Å². The standard InChI is InChI=1S/C29H25N3O7/c1-17-7-6-9-23(18(17)2)30-25(33)16-39-24-10-5-4-8-20(24)15-22-26(34)31-29(37)32(27(22)35)21-13-11-19(12-14-21)28(36)38-3/h4-15H,16H2,1-3H3,(H,30,33)(H,31,34,37)/b22-15-. The van der Waals surface area contributed by atoms with Crippen LogP contribution in [-0.2, 0) is 19.1 Å². The van der Waals surface area contributed by atoms with Crippen molar-refractivity contribution in [1.29, 1.82) is 0 Å². The van der Waals surface area contributed by atoms with E-state index in [4.69, 9.17) is 4.74 Å². The highest BCUT2D eigenvalue weighted by Gasteiger charge is 2.37. The Kier molecular flexibility index (Phi) is 7.85. The van der Waals surface area contributed by atoms with E-state index < -0.39 is 23.8 Å². The summed E-state index contributed by atoms with van der Waals surface area (Å²) in [6.45, 7) is 3.53. The molecule has 5 amide bonds. The van der Waals surface area contributed by atoms with Gasteiger partial charge in [0.1, 0.15) is 11.3 Å². The molecule has 0 aromatic heterocycles. The molecule has 0 spiro atoms. The van der Waals surface area contributed by atoms with E-state index in [1.165, 1.54) is 37.5 Å². The number of nitrogens with one attached hydrogen (secondary N) is 2. The molecule has 1 aliphatic rings. The molecule has 10 nitrogen and oxygen atoms in total. The second-order valence-corrected chi connectivity index (χ2v) is 8.62. The van der Waals surface area contributed by atoms with Crippen molar-refractivity contribution in [3.8, 4) is 5.75 Å². The van der Waals surface area contributed by atoms with Gasteiger partial charge in [-0.25, -0.2) is 14.5 Å². The Bertz CT molecular complexity index is 1510. The number of ether oxygens (including phenoxy) is 2. The van der Waals surface area contributed by atoms with E-state index in [-0.39, 0.29) is 35.1 Å². The second kappa shape index (κ2) is 11.4. The van der Waals surface area contributed by atoms with E-state index in [1.54, 1.807) is 30.3 Å². The number of methoxy groups -OCH3 is 1. The van der Waals surface area contributed by atoms with E-state index in [0.717, 1.165) is 16.0 Å². The van der Waals surface area contributed by atoms with E-state index in [0.29, 0.717) is 11.3 Å². The molecule has 0 radical (unpaired) electrons. The number of aryl methyl sites for hydroxylation is 1. The molecular weight excluding hydrogens is 502 g/mol. The minimum Gasteiger partial charge on any atom is -0.483 e. The molecule has 1 heterocycles. The molecule has 3 aromatic carbocycles. The Balaban J connectivity index is 1.54. The Morgan fingerprint density at radius 3 is 2.38 bits per heavy atom. The molecular formula is C29H25N3O7. The van der Waals surface area contributed by atoms with Crippen LogP contribution < -0.4 is 20.3 Å². The largest absolute Gasteiger partial charge is 0.483 e. The van der Waals surface area contributed by atoms with E-state index in [9.17, 15) is 24.0 Å². The molecule has 10 heteroatoms. The lowest BCUT2D eigenvalue weighted by Crippen LogP contribution is -2.54. The number of nitrogens with zero attached hydrogens (tertiary/aromatic N) is 1. The molecule has 0 unspecified atom stereocenters. The number of urea groups is 1. The van der Waals surface area contributed by atoms with Crippen molar-refractivity contribution < 1.29 is 33.4 Å². The maximum absolute atomic E-state index is 13.2. The van der Waals surface area contributed by atoms with Gasteiger partial charge in [0.15, 0.2) is 6.61 Å². The molecule has 0 bridgehead atoms. The Labute approximate surface area is 224 Å². The molecule has 3 aromatic rings. The van der Waals surface area contributed by atoms with Crippen molar-refractivity contribution in [3.05, 3.63) is 94.6 Å². The fourth-order valence-electron chi connectivity index (χ4n) is 3.86. The number of esters is 1. The summed E-state index contributed by atoms with van der Waals surface area (Å²) < 4.78 is 10.4. The maximum atomic E-state index is 13.2. The van der Waals surface area contributed by atoms with Crippen LogP contribution in [-0.4, -0.2) is 43.4 Å². The zero-order valence-electron chi connectivity index (χ0n) is 21.4. The van der Waals surface area contributed by atoms with Gasteiger partial charge in [-0.3, -0.25) is 19.7 Å². The van der Waals surface area contributed by atoms with Crippen molar-refractivity contribution in [2.24, 2.45) is 0 Å². The van der Waals surface area contributed by atoms with Gasteiger partial charge in [-0.2, -0.15) is 0 Å². The van der Waals surface area contributed by atoms with Crippen LogP contribution in [0.1, 0.15) is 27.0 Å². The van der Waals surface area contributed by atoms with Crippen LogP contribution in [0, 0.1) is 13.8 Å². The fourth-order valence-corrected chi connectivity index (χ4v) is 3.86. The number of hydrogen-bond donors (Lipinski definition) is 2. The van der Waals surface area contributed by atoms with Crippen LogP contribution in [0.4, 0.5) is 16.2 Å². The van der Waals surface area contributed by atoms with Crippen LogP contribution in [0.15, 0.2) is 72.3 Å². The molecule has 1 fully saturated rings. The van der Waals surface area contributed by atoms with Gasteiger partial charge in [-0.1, -0.05) is 30.3 Å². The first-order chi connectivity index (χ1) is 18.7. The molecule has 0 saturated carbocycles. The number of carbonyl (C=O) groups is 5. The third-order valence-corrected chi connectivity index (χ3v) is 6.10. The number of amides is 5. The van der Waals surface area contributed by atoms with Crippen LogP contribution >= 0.6 is 0 Å². The highest BCUT2D eigenvalue weighted by molar-refractivity contribution is 6.39. The van der Waals surface area contributed by atoms with Crippen LogP contribution in [0.2, 0.25) is 0 Å². The fraction of sp³-hybridized carbons (Fsp3) is 0.138. The van der Waals surface area contributed by atoms with Crippen molar-refractivity contribution >= 4 is 47.2 Å². The molecule has 0 aliphatic carbocycles. The quantitative estimate of drug-likeness (QED) is 0.272. The number of para-hydroxylation sites is 1. The van der Waals surface area contributed by atoms with Crippen LogP contribution in [0.3, 0.4) is 0 Å². The Morgan fingerprint density at radius 2 is 1.67 bits per heavy atom. The smallest absolute Gasteiger partial charge is 0.337 e. The normalized spacial score (nSPS) is 14.2. The number of rotatable bonds is 7. The first-order valence-corrected chi connectivity index (χ1v) is 11.9. The number of benzene rings is 3. The van der Waals surface area contributed by atoms with E-state index in [2.05, 4.69) is 15.4 Å². The molecule has 198 valence electrons. The highest BCUT2D eigenvalue weighted by atomic mass is 16.5. The monoisotopic (exact) mass is 527 g/mol. The average molecular weight is 528 g/mol. The van der Waals surface area contributed by atoms with Crippen molar-refractivity contribution in [3.63, 3.8) is 0 Å². The minimum atomic E-state index is -0.930. The Morgan fingerprint density at radius 1 is 0.949 bits per heavy atom. The molecule has 1 saturated heterocycles. The average Bonchev–Trinajstić information content (AvgIpc) is 2.92. The first-order valence-electron chi connectivity index (χ1n) is 11.9. The molecule has 1 aliphatic heterocycles. The lowest BCUT2D eigenvalue weighted by molar-refractivity contribution is -0.122. The summed E-state index contributed by atoms with van der Waals surface area (Å²) >= 11 is 0. The molecule has 0 atom stereocenters. The van der Waals surface area contributed by atoms with E-state index in [1.807, 2.05) is 26.0 Å². The van der Waals surface area contributed by atoms with Gasteiger partial charge in [0.2, 0.25) is 0 Å². The summed E-state index contributed by atoms with van der Waals surface area (Å²) in [7, 11) is 1.24. The summed E-state index contributed by atoms with van der Waals surface area (Å²) in [6, 6.07) is 16.8. The zero-order chi connectivity index (χ0) is 28.1. The maximum Gasteiger partial charge on any atom is 0.337 e. The summed E-state index contributed by atoms with van der Waals surface area (Å²) in [6.07, 6.45) is 1.29. The number of anilines is 2. The molecule has 4 rings (SSSR count). The van der Waals surface area contributed by atoms with Crippen LogP contribution in [0.25, 0.3) is 6.08 Å². The van der Waals surface area contributed by atoms with E-state index >= 15 is 0 Å². The predicted molar refractivity (Wildman–Crippen MR) is 143 cm³/mol. The van der Waals surface area contributed by atoms with Gasteiger partial charge < -0.3 is 14.8 Å². The zero-order valence-corrected chi connectivity index (χ0v) is 21.4. The van der Waals surface area contributed by atoms with Crippen molar-refractivity contribution in [1.82, 2.24) is 5.32 Å². The molecule has 2 N–H and O–H groups in total. The first kappa shape index (κ1) is 26.8. The summed E-state index contributed by atoms with van der Waals surface area (Å²) in [4.78, 5) is 63.4. The third-order valence-electron chi connectivity index (χ3n) is 6.10. The second-order valence-electron chi connectivity index (χ2n) is 8.62. The number of hydrogen-bond acceptors (Lipinski definition) is 7. The number of barbiturate groups is 1. The number of carbonyl (C=O) groups excluding carboxylic acids is 5. The highest BCUT2D eigenvalue weighted by Crippen LogP contribution is 2.26. The van der Waals surface area contributed by atoms with Crippen molar-refractivity contribution in [2.75, 3.05) is 23.9 Å². The van der Waals surface area contributed by atoms with Gasteiger partial charge in [0, 0.05) is 11.3 Å². The van der Waals surface area contributed by atoms with Gasteiger partial charge in [0.05, 0.1) is 18.4 Å². The predicted octanol–water partition coefficient (Wildman–Crippen LogP) is 3.77. The summed E-state index contributed by atoms with van der Waals surface area (Å²) in [5.41, 5.74) is 3.06. The third kappa shape index (κ3) is 5.85. The summed E-state index contributed by atoms with van der Waals surface area (Å²) in [5.74, 6) is -2.45. The molecule has 39 heavy (non-hydrogen) atoms. The van der Waals surface area contributed by atoms with Crippen LogP contribution in [0.5, 0.6) is 5.75 Å². The Hall–Kier alpha value is -5.25. The summed E-state index contributed by atoms with van der Waals surface area (Å²) in [5, 5.41) is 4.96. The SMILES string of the molecule is COC(=O)c1ccc(N2C(=O)NC(=O)/C(=C/c3ccccc3OCC(=O)Nc3cccc(C)c3C)C2=O)cc1. The lowest BCUT2D eigenvalue weighted by atomic mass is 10.1. The van der Waals surface area contributed by atoms with Gasteiger partial charge >= 0.3 is 12.0 Å². The van der Waals surface area contributed by atoms with Gasteiger partial charge in [-0.15, -0.1) is 0 Å². The topological polar surface area (TPSA) is 131 Å². The minimum absolute atomic E-state index is 0.149.